The first-order valence-electron chi connectivity index (χ1n) is 9.27. The van der Waals surface area contributed by atoms with Gasteiger partial charge in [-0.2, -0.15) is 0 Å². The van der Waals surface area contributed by atoms with Crippen molar-refractivity contribution in [2.75, 3.05) is 12.4 Å². The van der Waals surface area contributed by atoms with Crippen LogP contribution in [0.4, 0.5) is 10.1 Å². The average Bonchev–Trinajstić information content (AvgIpc) is 3.39. The SMILES string of the molecule is COc1ccn2cc(C(C)=O)c(C(=O)Nc3cccc(-c4ccc(C=O)o4)c3F)c2c1. The molecule has 0 atom stereocenters. The molecule has 0 fully saturated rings. The van der Waals surface area contributed by atoms with Crippen molar-refractivity contribution in [3.63, 3.8) is 0 Å². The van der Waals surface area contributed by atoms with E-state index < -0.39 is 11.7 Å². The number of ether oxygens (including phenoxy) is 1. The molecule has 7 nitrogen and oxygen atoms in total. The molecule has 1 N–H and O–H groups in total. The van der Waals surface area contributed by atoms with Crippen molar-refractivity contribution in [3.05, 3.63) is 77.6 Å². The maximum absolute atomic E-state index is 15.1. The van der Waals surface area contributed by atoms with Gasteiger partial charge in [-0.3, -0.25) is 14.4 Å². The molecule has 0 aliphatic heterocycles. The Morgan fingerprint density at radius 3 is 2.68 bits per heavy atom. The summed E-state index contributed by atoms with van der Waals surface area (Å²) in [6.07, 6.45) is 3.73. The fraction of sp³-hybridized carbons (Fsp3) is 0.0870. The lowest BCUT2D eigenvalue weighted by Gasteiger charge is -2.10. The maximum Gasteiger partial charge on any atom is 0.258 e. The van der Waals surface area contributed by atoms with Gasteiger partial charge < -0.3 is 18.9 Å². The number of nitrogens with one attached hydrogen (secondary N) is 1. The minimum Gasteiger partial charge on any atom is -0.497 e. The monoisotopic (exact) mass is 420 g/mol. The first kappa shape index (κ1) is 20.1. The van der Waals surface area contributed by atoms with Crippen LogP contribution in [-0.2, 0) is 0 Å². The largest absolute Gasteiger partial charge is 0.497 e. The molecular weight excluding hydrogens is 403 g/mol. The molecule has 3 aromatic heterocycles. The number of methoxy groups -OCH3 is 1. The second-order valence-electron chi connectivity index (χ2n) is 6.77. The fourth-order valence-electron chi connectivity index (χ4n) is 3.34. The molecule has 31 heavy (non-hydrogen) atoms. The van der Waals surface area contributed by atoms with E-state index in [-0.39, 0.29) is 39.7 Å². The highest BCUT2D eigenvalue weighted by molar-refractivity contribution is 6.16. The standard InChI is InChI=1S/C23H17FN2O5/c1-13(28)17-11-26-9-8-14(30-2)10-19(26)21(17)23(29)25-18-5-3-4-16(22(18)24)20-7-6-15(12-27)31-20/h3-12H,1-2H3,(H,25,29). The summed E-state index contributed by atoms with van der Waals surface area (Å²) in [4.78, 5) is 36.1. The highest BCUT2D eigenvalue weighted by Gasteiger charge is 2.23. The van der Waals surface area contributed by atoms with E-state index in [9.17, 15) is 14.4 Å². The number of anilines is 1. The Bertz CT molecular complexity index is 1340. The zero-order valence-corrected chi connectivity index (χ0v) is 16.6. The van der Waals surface area contributed by atoms with E-state index in [2.05, 4.69) is 5.32 Å². The van der Waals surface area contributed by atoms with Crippen LogP contribution in [0.2, 0.25) is 0 Å². The van der Waals surface area contributed by atoms with E-state index in [1.54, 1.807) is 35.0 Å². The van der Waals surface area contributed by atoms with Crippen molar-refractivity contribution in [3.8, 4) is 17.1 Å². The normalized spacial score (nSPS) is 10.8. The number of aromatic nitrogens is 1. The number of aldehydes is 1. The van der Waals surface area contributed by atoms with Crippen molar-refractivity contribution >= 4 is 29.2 Å². The Labute approximate surface area is 176 Å². The summed E-state index contributed by atoms with van der Waals surface area (Å²) in [5, 5.41) is 2.54. The van der Waals surface area contributed by atoms with Crippen LogP contribution in [0.15, 0.2) is 59.3 Å². The van der Waals surface area contributed by atoms with Crippen LogP contribution >= 0.6 is 0 Å². The topological polar surface area (TPSA) is 90.0 Å². The molecule has 4 aromatic rings. The molecule has 4 rings (SSSR count). The van der Waals surface area contributed by atoms with E-state index in [1.165, 1.54) is 38.3 Å². The summed E-state index contributed by atoms with van der Waals surface area (Å²) in [6, 6.07) is 10.6. The van der Waals surface area contributed by atoms with E-state index in [0.717, 1.165) is 0 Å². The zero-order valence-electron chi connectivity index (χ0n) is 16.6. The Hall–Kier alpha value is -4.20. The third-order valence-electron chi connectivity index (χ3n) is 4.85. The molecule has 156 valence electrons. The third kappa shape index (κ3) is 3.59. The molecule has 0 radical (unpaired) electrons. The lowest BCUT2D eigenvalue weighted by molar-refractivity contribution is 0.0987. The van der Waals surface area contributed by atoms with E-state index in [0.29, 0.717) is 17.6 Å². The zero-order chi connectivity index (χ0) is 22.1. The maximum atomic E-state index is 15.1. The minimum atomic E-state index is -0.729. The quantitative estimate of drug-likeness (QED) is 0.363. The number of rotatable bonds is 6. The molecule has 1 aromatic carbocycles. The van der Waals surface area contributed by atoms with Crippen molar-refractivity contribution in [2.24, 2.45) is 0 Å². The Balaban J connectivity index is 1.76. The number of hydrogen-bond donors (Lipinski definition) is 1. The molecule has 0 saturated carbocycles. The molecule has 8 heteroatoms. The number of furan rings is 1. The van der Waals surface area contributed by atoms with Crippen LogP contribution in [0.5, 0.6) is 5.75 Å². The van der Waals surface area contributed by atoms with Gasteiger partial charge in [0, 0.05) is 24.0 Å². The highest BCUT2D eigenvalue weighted by atomic mass is 19.1. The van der Waals surface area contributed by atoms with Gasteiger partial charge in [0.25, 0.3) is 5.91 Å². The molecule has 0 unspecified atom stereocenters. The molecule has 3 heterocycles. The number of nitrogens with zero attached hydrogens (tertiary/aromatic N) is 1. The molecule has 0 saturated heterocycles. The van der Waals surface area contributed by atoms with Crippen LogP contribution < -0.4 is 10.1 Å². The highest BCUT2D eigenvalue weighted by Crippen LogP contribution is 2.30. The van der Waals surface area contributed by atoms with Gasteiger partial charge in [0.15, 0.2) is 23.6 Å². The predicted octanol–water partition coefficient (Wildman–Crippen LogP) is 4.61. The third-order valence-corrected chi connectivity index (χ3v) is 4.85. The van der Waals surface area contributed by atoms with Gasteiger partial charge in [-0.15, -0.1) is 0 Å². The van der Waals surface area contributed by atoms with Gasteiger partial charge in [0.2, 0.25) is 0 Å². The number of carbonyl (C=O) groups excluding carboxylic acids is 3. The molecule has 0 bridgehead atoms. The summed E-state index contributed by atoms with van der Waals surface area (Å²) >= 11 is 0. The summed E-state index contributed by atoms with van der Waals surface area (Å²) in [7, 11) is 1.49. The Morgan fingerprint density at radius 2 is 2.00 bits per heavy atom. The van der Waals surface area contributed by atoms with Crippen molar-refractivity contribution in [2.45, 2.75) is 6.92 Å². The smallest absolute Gasteiger partial charge is 0.258 e. The second-order valence-corrected chi connectivity index (χ2v) is 6.77. The number of benzene rings is 1. The van der Waals surface area contributed by atoms with Gasteiger partial charge in [0.1, 0.15) is 11.5 Å². The minimum absolute atomic E-state index is 0.0594. The van der Waals surface area contributed by atoms with E-state index in [4.69, 9.17) is 9.15 Å². The lowest BCUT2D eigenvalue weighted by Crippen LogP contribution is -2.15. The van der Waals surface area contributed by atoms with Crippen LogP contribution in [0.25, 0.3) is 16.8 Å². The first-order chi connectivity index (χ1) is 14.9. The van der Waals surface area contributed by atoms with Crippen molar-refractivity contribution in [1.82, 2.24) is 4.40 Å². The summed E-state index contributed by atoms with van der Waals surface area (Å²) in [6.45, 7) is 1.35. The molecule has 0 spiro atoms. The number of hydrogen-bond acceptors (Lipinski definition) is 5. The molecule has 1 amide bonds. The Kier molecular flexibility index (Phi) is 5.12. The van der Waals surface area contributed by atoms with Crippen LogP contribution in [0.1, 0.15) is 38.2 Å². The summed E-state index contributed by atoms with van der Waals surface area (Å²) in [5.41, 5.74) is 0.742. The van der Waals surface area contributed by atoms with Crippen molar-refractivity contribution in [1.29, 1.82) is 0 Å². The first-order valence-corrected chi connectivity index (χ1v) is 9.27. The number of Topliss-reactive ketones (excluding diaryl/α,β-unsaturated/α-hetero) is 1. The van der Waals surface area contributed by atoms with E-state index in [1.807, 2.05) is 0 Å². The van der Waals surface area contributed by atoms with Gasteiger partial charge >= 0.3 is 0 Å². The molecule has 0 aliphatic carbocycles. The van der Waals surface area contributed by atoms with Crippen LogP contribution in [0, 0.1) is 5.82 Å². The van der Waals surface area contributed by atoms with Crippen LogP contribution in [0.3, 0.4) is 0 Å². The number of fused-ring (bicyclic) bond motifs is 1. The van der Waals surface area contributed by atoms with Gasteiger partial charge in [-0.05, 0) is 37.3 Å². The van der Waals surface area contributed by atoms with Gasteiger partial charge in [-0.1, -0.05) is 6.07 Å². The number of carbonyl (C=O) groups is 3. The summed E-state index contributed by atoms with van der Waals surface area (Å²) < 4.78 is 27.2. The number of ketones is 1. The van der Waals surface area contributed by atoms with E-state index >= 15 is 4.39 Å². The van der Waals surface area contributed by atoms with Gasteiger partial charge in [-0.25, -0.2) is 4.39 Å². The van der Waals surface area contributed by atoms with Crippen LogP contribution in [-0.4, -0.2) is 29.5 Å². The van der Waals surface area contributed by atoms with Gasteiger partial charge in [0.05, 0.1) is 29.4 Å². The predicted molar refractivity (Wildman–Crippen MR) is 111 cm³/mol. The number of pyridine rings is 1. The average molecular weight is 420 g/mol. The lowest BCUT2D eigenvalue weighted by atomic mass is 10.1. The fourth-order valence-corrected chi connectivity index (χ4v) is 3.34. The Morgan fingerprint density at radius 1 is 1.19 bits per heavy atom. The number of halogens is 1. The summed E-state index contributed by atoms with van der Waals surface area (Å²) in [5.74, 6) is -0.966. The number of amides is 1. The molecule has 0 aliphatic rings. The molecular formula is C23H17FN2O5. The second kappa shape index (κ2) is 7.91. The van der Waals surface area contributed by atoms with Crippen molar-refractivity contribution < 1.29 is 27.9 Å².